The number of benzene rings is 1. The van der Waals surface area contributed by atoms with E-state index in [1.54, 1.807) is 43.8 Å². The van der Waals surface area contributed by atoms with Crippen molar-refractivity contribution in [3.05, 3.63) is 84.1 Å². The SMILES string of the molecule is COc1ccc(NC(=O)C2=C3N(CCC2=O)c2cccnc2N3CCc2ccccn2)cc1. The van der Waals surface area contributed by atoms with Crippen molar-refractivity contribution in [2.24, 2.45) is 0 Å². The molecule has 0 fully saturated rings. The molecule has 166 valence electrons. The summed E-state index contributed by atoms with van der Waals surface area (Å²) in [6.07, 6.45) is 4.40. The molecule has 0 saturated carbocycles. The number of aromatic nitrogens is 2. The fourth-order valence-electron chi connectivity index (χ4n) is 4.21. The van der Waals surface area contributed by atoms with Gasteiger partial charge in [-0.2, -0.15) is 0 Å². The number of pyridine rings is 2. The van der Waals surface area contributed by atoms with Crippen molar-refractivity contribution in [1.29, 1.82) is 0 Å². The number of rotatable bonds is 6. The Morgan fingerprint density at radius 1 is 1.06 bits per heavy atom. The molecule has 33 heavy (non-hydrogen) atoms. The number of carbonyl (C=O) groups is 2. The summed E-state index contributed by atoms with van der Waals surface area (Å²) < 4.78 is 5.18. The van der Waals surface area contributed by atoms with Gasteiger partial charge >= 0.3 is 0 Å². The molecule has 0 unspecified atom stereocenters. The molecule has 2 aromatic heterocycles. The van der Waals surface area contributed by atoms with Gasteiger partial charge in [0.15, 0.2) is 11.6 Å². The average molecular weight is 441 g/mol. The highest BCUT2D eigenvalue weighted by Crippen LogP contribution is 2.43. The number of methoxy groups -OCH3 is 1. The van der Waals surface area contributed by atoms with E-state index in [2.05, 4.69) is 15.3 Å². The molecule has 0 atom stereocenters. The van der Waals surface area contributed by atoms with Crippen molar-refractivity contribution in [3.63, 3.8) is 0 Å². The molecule has 8 nitrogen and oxygen atoms in total. The smallest absolute Gasteiger partial charge is 0.263 e. The van der Waals surface area contributed by atoms with Crippen molar-refractivity contribution >= 4 is 28.9 Å². The third kappa shape index (κ3) is 3.91. The van der Waals surface area contributed by atoms with Crippen LogP contribution in [0.1, 0.15) is 12.1 Å². The largest absolute Gasteiger partial charge is 0.497 e. The van der Waals surface area contributed by atoms with E-state index in [-0.39, 0.29) is 17.8 Å². The Morgan fingerprint density at radius 3 is 2.64 bits per heavy atom. The number of ketones is 1. The molecular weight excluding hydrogens is 418 g/mol. The minimum atomic E-state index is -0.430. The van der Waals surface area contributed by atoms with Gasteiger partial charge in [0.25, 0.3) is 5.91 Å². The van der Waals surface area contributed by atoms with Crippen molar-refractivity contribution in [2.45, 2.75) is 12.8 Å². The highest BCUT2D eigenvalue weighted by atomic mass is 16.5. The monoisotopic (exact) mass is 441 g/mol. The number of nitrogens with zero attached hydrogens (tertiary/aromatic N) is 4. The number of fused-ring (bicyclic) bond motifs is 3. The van der Waals surface area contributed by atoms with Crippen LogP contribution in [0.4, 0.5) is 17.2 Å². The van der Waals surface area contributed by atoms with Crippen LogP contribution in [0.3, 0.4) is 0 Å². The number of amides is 1. The molecule has 2 aliphatic rings. The van der Waals surface area contributed by atoms with Crippen LogP contribution in [0.2, 0.25) is 0 Å². The Bertz CT molecular complexity index is 1220. The van der Waals surface area contributed by atoms with E-state index < -0.39 is 5.91 Å². The lowest BCUT2D eigenvalue weighted by Gasteiger charge is -2.30. The van der Waals surface area contributed by atoms with Gasteiger partial charge in [-0.25, -0.2) is 4.98 Å². The van der Waals surface area contributed by atoms with Gasteiger partial charge in [0.1, 0.15) is 17.1 Å². The first-order valence-electron chi connectivity index (χ1n) is 10.8. The predicted octanol–water partition coefficient (Wildman–Crippen LogP) is 3.18. The highest BCUT2D eigenvalue weighted by Gasteiger charge is 2.41. The third-order valence-corrected chi connectivity index (χ3v) is 5.78. The number of anilines is 3. The minimum absolute atomic E-state index is 0.149. The Hall–Kier alpha value is -4.20. The van der Waals surface area contributed by atoms with Gasteiger partial charge in [-0.1, -0.05) is 6.07 Å². The van der Waals surface area contributed by atoms with Crippen LogP contribution < -0.4 is 19.9 Å². The zero-order chi connectivity index (χ0) is 22.8. The molecular formula is C25H23N5O3. The Morgan fingerprint density at radius 2 is 1.88 bits per heavy atom. The molecule has 0 aliphatic carbocycles. The summed E-state index contributed by atoms with van der Waals surface area (Å²) in [6.45, 7) is 1.05. The average Bonchev–Trinajstić information content (AvgIpc) is 3.17. The summed E-state index contributed by atoms with van der Waals surface area (Å²) in [6, 6.07) is 16.6. The zero-order valence-corrected chi connectivity index (χ0v) is 18.2. The molecule has 0 spiro atoms. The summed E-state index contributed by atoms with van der Waals surface area (Å²) >= 11 is 0. The predicted molar refractivity (Wildman–Crippen MR) is 125 cm³/mol. The summed E-state index contributed by atoms with van der Waals surface area (Å²) in [5.74, 6) is 1.41. The summed E-state index contributed by atoms with van der Waals surface area (Å²) in [7, 11) is 1.58. The second kappa shape index (κ2) is 8.74. The van der Waals surface area contributed by atoms with E-state index >= 15 is 0 Å². The molecule has 1 aromatic carbocycles. The van der Waals surface area contributed by atoms with Gasteiger partial charge in [-0.15, -0.1) is 0 Å². The van der Waals surface area contributed by atoms with Crippen LogP contribution in [0, 0.1) is 0 Å². The molecule has 1 amide bonds. The molecule has 0 saturated heterocycles. The van der Waals surface area contributed by atoms with Gasteiger partial charge in [-0.3, -0.25) is 14.6 Å². The van der Waals surface area contributed by atoms with Crippen LogP contribution in [-0.2, 0) is 16.0 Å². The second-order valence-corrected chi connectivity index (χ2v) is 7.77. The fourth-order valence-corrected chi connectivity index (χ4v) is 4.21. The van der Waals surface area contributed by atoms with Crippen LogP contribution >= 0.6 is 0 Å². The fraction of sp³-hybridized carbons (Fsp3) is 0.200. The summed E-state index contributed by atoms with van der Waals surface area (Å²) in [4.78, 5) is 39.3. The van der Waals surface area contributed by atoms with E-state index in [0.717, 1.165) is 17.2 Å². The van der Waals surface area contributed by atoms with Crippen LogP contribution in [0.15, 0.2) is 78.4 Å². The number of carbonyl (C=O) groups excluding carboxylic acids is 2. The lowest BCUT2D eigenvalue weighted by atomic mass is 10.0. The summed E-state index contributed by atoms with van der Waals surface area (Å²) in [5, 5.41) is 2.87. The van der Waals surface area contributed by atoms with E-state index in [9.17, 15) is 9.59 Å². The van der Waals surface area contributed by atoms with Gasteiger partial charge in [0, 0.05) is 49.7 Å². The van der Waals surface area contributed by atoms with E-state index in [1.165, 1.54) is 0 Å². The Balaban J connectivity index is 1.51. The zero-order valence-electron chi connectivity index (χ0n) is 18.2. The van der Waals surface area contributed by atoms with Crippen molar-refractivity contribution in [3.8, 4) is 5.75 Å². The first kappa shape index (κ1) is 20.7. The minimum Gasteiger partial charge on any atom is -0.497 e. The van der Waals surface area contributed by atoms with Crippen molar-refractivity contribution < 1.29 is 14.3 Å². The van der Waals surface area contributed by atoms with Gasteiger partial charge in [0.05, 0.1) is 12.8 Å². The maximum absolute atomic E-state index is 13.3. The number of hydrogen-bond donors (Lipinski definition) is 1. The highest BCUT2D eigenvalue weighted by molar-refractivity contribution is 6.25. The lowest BCUT2D eigenvalue weighted by molar-refractivity contribution is -0.120. The number of nitrogens with one attached hydrogen (secondary N) is 1. The van der Waals surface area contributed by atoms with Gasteiger partial charge < -0.3 is 19.9 Å². The van der Waals surface area contributed by atoms with Gasteiger partial charge in [-0.05, 0) is 48.5 Å². The van der Waals surface area contributed by atoms with Crippen LogP contribution in [0.5, 0.6) is 5.75 Å². The normalized spacial score (nSPS) is 14.8. The standard InChI is InChI=1S/C25H23N5O3/c1-33-19-9-7-18(8-10-19)28-24(32)22-21(31)12-16-29-20-6-4-14-27-23(20)30(25(22)29)15-11-17-5-2-3-13-26-17/h2-10,13-14H,11-12,15-16H2,1H3,(H,28,32). The van der Waals surface area contributed by atoms with Gasteiger partial charge in [0.2, 0.25) is 0 Å². The van der Waals surface area contributed by atoms with Crippen molar-refractivity contribution in [2.75, 3.05) is 35.3 Å². The van der Waals surface area contributed by atoms with E-state index in [4.69, 9.17) is 4.74 Å². The topological polar surface area (TPSA) is 87.7 Å². The maximum atomic E-state index is 13.3. The van der Waals surface area contributed by atoms with E-state index in [0.29, 0.717) is 36.8 Å². The quantitative estimate of drug-likeness (QED) is 0.588. The molecule has 2 aliphatic heterocycles. The molecule has 0 bridgehead atoms. The maximum Gasteiger partial charge on any atom is 0.263 e. The molecule has 4 heterocycles. The number of hydrogen-bond acceptors (Lipinski definition) is 7. The molecule has 5 rings (SSSR count). The first-order valence-corrected chi connectivity index (χ1v) is 10.8. The number of ether oxygens (including phenoxy) is 1. The second-order valence-electron chi connectivity index (χ2n) is 7.77. The van der Waals surface area contributed by atoms with E-state index in [1.807, 2.05) is 40.1 Å². The number of Topliss-reactive ketones (excluding diaryl/α,β-unsaturated/α-hetero) is 1. The Kier molecular flexibility index (Phi) is 5.48. The lowest BCUT2D eigenvalue weighted by Crippen LogP contribution is -2.41. The molecule has 3 aromatic rings. The molecule has 8 heteroatoms. The van der Waals surface area contributed by atoms with Crippen LogP contribution in [0.25, 0.3) is 0 Å². The Labute approximate surface area is 191 Å². The molecule has 1 N–H and O–H groups in total. The molecule has 0 radical (unpaired) electrons. The first-order chi connectivity index (χ1) is 16.2. The summed E-state index contributed by atoms with van der Waals surface area (Å²) in [5.41, 5.74) is 2.57. The third-order valence-electron chi connectivity index (χ3n) is 5.78. The van der Waals surface area contributed by atoms with Crippen LogP contribution in [-0.4, -0.2) is 41.9 Å². The van der Waals surface area contributed by atoms with Crippen molar-refractivity contribution in [1.82, 2.24) is 9.97 Å².